The summed E-state index contributed by atoms with van der Waals surface area (Å²) in [6.45, 7) is 2.00. The predicted molar refractivity (Wildman–Crippen MR) is 46.7 cm³/mol. The maximum absolute atomic E-state index is 11.1. The number of aromatic nitrogens is 3. The SMILES string of the molecule is CC1(Nc2n[nH]c(=O)[nH]c2=O)CC1. The molecule has 6 heteroatoms. The number of anilines is 1. The summed E-state index contributed by atoms with van der Waals surface area (Å²) in [5, 5.41) is 8.74. The van der Waals surface area contributed by atoms with Gasteiger partial charge in [0.05, 0.1) is 0 Å². The van der Waals surface area contributed by atoms with Crippen LogP contribution in [0, 0.1) is 0 Å². The van der Waals surface area contributed by atoms with Crippen LogP contribution < -0.4 is 16.6 Å². The summed E-state index contributed by atoms with van der Waals surface area (Å²) in [6.07, 6.45) is 2.04. The van der Waals surface area contributed by atoms with Crippen LogP contribution in [0.5, 0.6) is 0 Å². The maximum atomic E-state index is 11.1. The topological polar surface area (TPSA) is 90.6 Å². The maximum Gasteiger partial charge on any atom is 0.342 e. The Bertz CT molecular complexity index is 429. The number of hydrogen-bond donors (Lipinski definition) is 3. The average Bonchev–Trinajstić information content (AvgIpc) is 2.75. The number of rotatable bonds is 2. The minimum absolute atomic E-state index is 0.0156. The van der Waals surface area contributed by atoms with Gasteiger partial charge in [-0.25, -0.2) is 9.89 Å². The van der Waals surface area contributed by atoms with Crippen LogP contribution in [-0.2, 0) is 0 Å². The molecule has 3 N–H and O–H groups in total. The molecule has 0 spiro atoms. The highest BCUT2D eigenvalue weighted by Crippen LogP contribution is 2.36. The first-order valence-electron chi connectivity index (χ1n) is 4.06. The van der Waals surface area contributed by atoms with Crippen LogP contribution in [-0.4, -0.2) is 20.7 Å². The van der Waals surface area contributed by atoms with Crippen molar-refractivity contribution in [1.82, 2.24) is 15.2 Å². The molecule has 0 bridgehead atoms. The summed E-state index contributed by atoms with van der Waals surface area (Å²) in [5.74, 6) is 0.180. The lowest BCUT2D eigenvalue weighted by molar-refractivity contribution is 0.790. The van der Waals surface area contributed by atoms with Crippen molar-refractivity contribution >= 4 is 5.82 Å². The van der Waals surface area contributed by atoms with Crippen LogP contribution in [0.3, 0.4) is 0 Å². The van der Waals surface area contributed by atoms with Crippen molar-refractivity contribution in [2.45, 2.75) is 25.3 Å². The third-order valence-electron chi connectivity index (χ3n) is 2.13. The van der Waals surface area contributed by atoms with Crippen molar-refractivity contribution in [1.29, 1.82) is 0 Å². The lowest BCUT2D eigenvalue weighted by Crippen LogP contribution is -2.30. The molecule has 0 saturated heterocycles. The highest BCUT2D eigenvalue weighted by molar-refractivity contribution is 5.35. The van der Waals surface area contributed by atoms with Gasteiger partial charge in [-0.1, -0.05) is 0 Å². The summed E-state index contributed by atoms with van der Waals surface area (Å²) < 4.78 is 0. The molecule has 0 aromatic carbocycles. The Hall–Kier alpha value is -1.59. The molecule has 1 fully saturated rings. The van der Waals surface area contributed by atoms with Gasteiger partial charge in [0.1, 0.15) is 0 Å². The first-order chi connectivity index (χ1) is 6.09. The van der Waals surface area contributed by atoms with Gasteiger partial charge >= 0.3 is 5.69 Å². The molecular weight excluding hydrogens is 172 g/mol. The summed E-state index contributed by atoms with van der Waals surface area (Å²) in [4.78, 5) is 23.9. The van der Waals surface area contributed by atoms with Crippen LogP contribution in [0.1, 0.15) is 19.8 Å². The van der Waals surface area contributed by atoms with Crippen LogP contribution in [0.15, 0.2) is 9.59 Å². The average molecular weight is 182 g/mol. The summed E-state index contributed by atoms with van der Waals surface area (Å²) in [7, 11) is 0. The second kappa shape index (κ2) is 2.45. The number of aromatic amines is 2. The van der Waals surface area contributed by atoms with E-state index < -0.39 is 11.2 Å². The van der Waals surface area contributed by atoms with Crippen molar-refractivity contribution in [3.63, 3.8) is 0 Å². The van der Waals surface area contributed by atoms with E-state index in [0.29, 0.717) is 0 Å². The van der Waals surface area contributed by atoms with Crippen LogP contribution in [0.4, 0.5) is 5.82 Å². The molecule has 1 aromatic rings. The molecule has 1 saturated carbocycles. The van der Waals surface area contributed by atoms with E-state index in [-0.39, 0.29) is 11.4 Å². The smallest absolute Gasteiger partial charge is 0.342 e. The fourth-order valence-corrected chi connectivity index (χ4v) is 1.03. The Morgan fingerprint density at radius 1 is 1.46 bits per heavy atom. The first-order valence-corrected chi connectivity index (χ1v) is 4.06. The molecule has 1 heterocycles. The van der Waals surface area contributed by atoms with E-state index in [1.54, 1.807) is 0 Å². The molecule has 0 radical (unpaired) electrons. The molecule has 0 atom stereocenters. The Kier molecular flexibility index (Phi) is 1.51. The summed E-state index contributed by atoms with van der Waals surface area (Å²) in [6, 6.07) is 0. The third-order valence-corrected chi connectivity index (χ3v) is 2.13. The zero-order valence-corrected chi connectivity index (χ0v) is 7.18. The van der Waals surface area contributed by atoms with Crippen LogP contribution in [0.2, 0.25) is 0 Å². The van der Waals surface area contributed by atoms with Gasteiger partial charge in [0.25, 0.3) is 5.56 Å². The van der Waals surface area contributed by atoms with Crippen molar-refractivity contribution in [2.24, 2.45) is 0 Å². The van der Waals surface area contributed by atoms with Crippen molar-refractivity contribution in [2.75, 3.05) is 5.32 Å². The Morgan fingerprint density at radius 3 is 2.69 bits per heavy atom. The fourth-order valence-electron chi connectivity index (χ4n) is 1.03. The first kappa shape index (κ1) is 8.03. The normalized spacial score (nSPS) is 18.2. The minimum Gasteiger partial charge on any atom is -0.359 e. The molecule has 2 rings (SSSR count). The standard InChI is InChI=1S/C7H10N4O2/c1-7(2-3-7)9-4-5(12)8-6(13)11-10-4/h2-3H2,1H3,(H,9,10)(H2,8,11,12,13). The number of H-pyrrole nitrogens is 2. The Morgan fingerprint density at radius 2 is 2.15 bits per heavy atom. The molecule has 1 aromatic heterocycles. The molecule has 1 aliphatic carbocycles. The third kappa shape index (κ3) is 1.61. The lowest BCUT2D eigenvalue weighted by Gasteiger charge is -2.09. The Labute approximate surface area is 73.4 Å². The van der Waals surface area contributed by atoms with Gasteiger partial charge in [0.2, 0.25) is 5.82 Å². The fraction of sp³-hybridized carbons (Fsp3) is 0.571. The van der Waals surface area contributed by atoms with Gasteiger partial charge < -0.3 is 5.32 Å². The van der Waals surface area contributed by atoms with Crippen molar-refractivity contribution in [3.8, 4) is 0 Å². The number of hydrogen-bond acceptors (Lipinski definition) is 4. The van der Waals surface area contributed by atoms with E-state index in [0.717, 1.165) is 12.8 Å². The molecule has 1 aliphatic rings. The molecular formula is C7H10N4O2. The van der Waals surface area contributed by atoms with E-state index >= 15 is 0 Å². The molecule has 70 valence electrons. The molecule has 0 aliphatic heterocycles. The highest BCUT2D eigenvalue weighted by atomic mass is 16.2. The van der Waals surface area contributed by atoms with E-state index in [2.05, 4.69) is 20.5 Å². The van der Waals surface area contributed by atoms with Gasteiger partial charge in [-0.3, -0.25) is 9.78 Å². The molecule has 6 nitrogen and oxygen atoms in total. The zero-order valence-electron chi connectivity index (χ0n) is 7.18. The molecule has 0 amide bonds. The largest absolute Gasteiger partial charge is 0.359 e. The van der Waals surface area contributed by atoms with Gasteiger partial charge in [0.15, 0.2) is 0 Å². The van der Waals surface area contributed by atoms with Gasteiger partial charge in [0, 0.05) is 5.54 Å². The molecule has 0 unspecified atom stereocenters. The van der Waals surface area contributed by atoms with Crippen molar-refractivity contribution < 1.29 is 0 Å². The number of nitrogens with zero attached hydrogens (tertiary/aromatic N) is 1. The van der Waals surface area contributed by atoms with E-state index in [1.807, 2.05) is 6.92 Å². The predicted octanol–water partition coefficient (Wildman–Crippen LogP) is -0.577. The van der Waals surface area contributed by atoms with Crippen LogP contribution >= 0.6 is 0 Å². The second-order valence-corrected chi connectivity index (χ2v) is 3.54. The van der Waals surface area contributed by atoms with Crippen LogP contribution in [0.25, 0.3) is 0 Å². The minimum atomic E-state index is -0.587. The lowest BCUT2D eigenvalue weighted by atomic mass is 10.3. The second-order valence-electron chi connectivity index (χ2n) is 3.54. The van der Waals surface area contributed by atoms with E-state index in [1.165, 1.54) is 0 Å². The zero-order chi connectivity index (χ0) is 9.47. The van der Waals surface area contributed by atoms with Gasteiger partial charge in [-0.15, -0.1) is 5.10 Å². The summed E-state index contributed by atoms with van der Waals surface area (Å²) >= 11 is 0. The molecule has 13 heavy (non-hydrogen) atoms. The van der Waals surface area contributed by atoms with E-state index in [4.69, 9.17) is 0 Å². The van der Waals surface area contributed by atoms with Gasteiger partial charge in [-0.2, -0.15) is 0 Å². The quantitative estimate of drug-likeness (QED) is 0.570. The monoisotopic (exact) mass is 182 g/mol. The summed E-state index contributed by atoms with van der Waals surface area (Å²) in [5.41, 5.74) is -1.08. The van der Waals surface area contributed by atoms with E-state index in [9.17, 15) is 9.59 Å². The number of nitrogens with one attached hydrogen (secondary N) is 3. The van der Waals surface area contributed by atoms with Gasteiger partial charge in [-0.05, 0) is 19.8 Å². The highest BCUT2D eigenvalue weighted by Gasteiger charge is 2.38. The van der Waals surface area contributed by atoms with Crippen molar-refractivity contribution in [3.05, 3.63) is 20.8 Å². The Balaban J connectivity index is 2.31.